The maximum absolute atomic E-state index is 12.9. The quantitative estimate of drug-likeness (QED) is 0.442. The first-order valence-electron chi connectivity index (χ1n) is 9.01. The van der Waals surface area contributed by atoms with E-state index in [9.17, 15) is 4.57 Å². The molecule has 0 N–H and O–H groups in total. The van der Waals surface area contributed by atoms with Crippen molar-refractivity contribution in [3.63, 3.8) is 0 Å². The van der Waals surface area contributed by atoms with Crippen LogP contribution in [0.15, 0.2) is 60.7 Å². The van der Waals surface area contributed by atoms with Gasteiger partial charge in [0, 0.05) is 0 Å². The normalized spacial score (nSPS) is 11.8. The van der Waals surface area contributed by atoms with Crippen LogP contribution in [0.25, 0.3) is 21.9 Å². The summed E-state index contributed by atoms with van der Waals surface area (Å²) in [7, 11) is -3.12. The molecule has 0 atom stereocenters. The van der Waals surface area contributed by atoms with Gasteiger partial charge in [0.1, 0.15) is 0 Å². The molecule has 0 radical (unpaired) electrons. The fourth-order valence-electron chi connectivity index (χ4n) is 3.33. The Morgan fingerprint density at radius 3 is 2.31 bits per heavy atom. The molecule has 0 bridgehead atoms. The summed E-state index contributed by atoms with van der Waals surface area (Å²) in [5.74, 6) is 0. The SMILES string of the molecule is CCOP(=O)(Cc1cc(C)cc(-c2cccc3ccccc23)c1)OCC. The van der Waals surface area contributed by atoms with E-state index in [1.165, 1.54) is 16.3 Å². The summed E-state index contributed by atoms with van der Waals surface area (Å²) in [6, 6.07) is 21.0. The van der Waals surface area contributed by atoms with Gasteiger partial charge in [-0.15, -0.1) is 0 Å². The Kier molecular flexibility index (Phi) is 5.93. The van der Waals surface area contributed by atoms with E-state index in [2.05, 4.69) is 61.5 Å². The van der Waals surface area contributed by atoms with E-state index in [0.717, 1.165) is 16.7 Å². The molecule has 3 aromatic rings. The average Bonchev–Trinajstić information content (AvgIpc) is 2.61. The molecule has 0 aliphatic rings. The van der Waals surface area contributed by atoms with Crippen molar-refractivity contribution in [2.24, 2.45) is 0 Å². The number of benzene rings is 3. The Balaban J connectivity index is 2.04. The monoisotopic (exact) mass is 368 g/mol. The highest BCUT2D eigenvalue weighted by Crippen LogP contribution is 2.51. The first-order chi connectivity index (χ1) is 12.5. The highest BCUT2D eigenvalue weighted by Gasteiger charge is 2.24. The van der Waals surface area contributed by atoms with E-state index < -0.39 is 7.60 Å². The first kappa shape index (κ1) is 18.8. The summed E-state index contributed by atoms with van der Waals surface area (Å²) in [5.41, 5.74) is 4.40. The van der Waals surface area contributed by atoms with Gasteiger partial charge in [0.05, 0.1) is 19.4 Å². The second-order valence-corrected chi connectivity index (χ2v) is 8.39. The van der Waals surface area contributed by atoms with Crippen molar-refractivity contribution >= 4 is 18.4 Å². The van der Waals surface area contributed by atoms with E-state index >= 15 is 0 Å². The summed E-state index contributed by atoms with van der Waals surface area (Å²) >= 11 is 0. The lowest BCUT2D eigenvalue weighted by molar-refractivity contribution is 0.219. The molecule has 0 aromatic heterocycles. The van der Waals surface area contributed by atoms with E-state index in [1.54, 1.807) is 0 Å². The molecule has 0 aliphatic carbocycles. The lowest BCUT2D eigenvalue weighted by Crippen LogP contribution is -1.99. The van der Waals surface area contributed by atoms with E-state index in [4.69, 9.17) is 9.05 Å². The molecule has 0 saturated carbocycles. The lowest BCUT2D eigenvalue weighted by atomic mass is 9.96. The van der Waals surface area contributed by atoms with Crippen LogP contribution >= 0.6 is 7.60 Å². The molecule has 136 valence electrons. The third kappa shape index (κ3) is 4.24. The topological polar surface area (TPSA) is 35.5 Å². The Morgan fingerprint density at radius 2 is 1.58 bits per heavy atom. The van der Waals surface area contributed by atoms with Gasteiger partial charge in [0.2, 0.25) is 0 Å². The minimum atomic E-state index is -3.12. The molecule has 0 aliphatic heterocycles. The molecule has 3 nitrogen and oxygen atoms in total. The van der Waals surface area contributed by atoms with Gasteiger partial charge in [-0.2, -0.15) is 0 Å². The number of fused-ring (bicyclic) bond motifs is 1. The molecule has 0 fully saturated rings. The molecule has 3 aromatic carbocycles. The second-order valence-electron chi connectivity index (χ2n) is 6.34. The molecule has 26 heavy (non-hydrogen) atoms. The summed E-state index contributed by atoms with van der Waals surface area (Å²) in [6.07, 6.45) is 0.286. The van der Waals surface area contributed by atoms with Crippen LogP contribution in [0.3, 0.4) is 0 Å². The number of hydrogen-bond donors (Lipinski definition) is 0. The molecule has 0 heterocycles. The molecular formula is C22H25O3P. The smallest absolute Gasteiger partial charge is 0.309 e. The third-order valence-corrected chi connectivity index (χ3v) is 6.32. The maximum Gasteiger partial charge on any atom is 0.335 e. The average molecular weight is 368 g/mol. The molecular weight excluding hydrogens is 343 g/mol. The van der Waals surface area contributed by atoms with Gasteiger partial charge in [0.15, 0.2) is 0 Å². The fraction of sp³-hybridized carbons (Fsp3) is 0.273. The van der Waals surface area contributed by atoms with Crippen LogP contribution in [-0.2, 0) is 19.8 Å². The zero-order valence-corrected chi connectivity index (χ0v) is 16.5. The van der Waals surface area contributed by atoms with E-state index in [0.29, 0.717) is 13.2 Å². The summed E-state index contributed by atoms with van der Waals surface area (Å²) in [5, 5.41) is 2.42. The second kappa shape index (κ2) is 8.18. The van der Waals surface area contributed by atoms with Crippen LogP contribution in [0, 0.1) is 6.92 Å². The van der Waals surface area contributed by atoms with Crippen molar-refractivity contribution in [3.8, 4) is 11.1 Å². The Hall–Kier alpha value is -1.93. The lowest BCUT2D eigenvalue weighted by Gasteiger charge is -2.18. The van der Waals surface area contributed by atoms with Gasteiger partial charge >= 0.3 is 7.60 Å². The summed E-state index contributed by atoms with van der Waals surface area (Å²) in [6.45, 7) is 6.48. The van der Waals surface area contributed by atoms with Crippen molar-refractivity contribution in [2.75, 3.05) is 13.2 Å². The largest absolute Gasteiger partial charge is 0.335 e. The van der Waals surface area contributed by atoms with Gasteiger partial charge in [-0.1, -0.05) is 66.2 Å². The standard InChI is InChI=1S/C22H25O3P/c1-4-24-26(23,25-5-2)16-18-13-17(3)14-20(15-18)22-12-8-10-19-9-6-7-11-21(19)22/h6-15H,4-5,16H2,1-3H3. The predicted octanol–water partition coefficient (Wildman–Crippen LogP) is 6.58. The number of aryl methyl sites for hydroxylation is 1. The zero-order chi connectivity index (χ0) is 18.6. The molecule has 3 rings (SSSR count). The Labute approximate surface area is 155 Å². The van der Waals surface area contributed by atoms with Crippen molar-refractivity contribution < 1.29 is 13.6 Å². The van der Waals surface area contributed by atoms with E-state index in [1.807, 2.05) is 19.9 Å². The molecule has 0 spiro atoms. The van der Waals surface area contributed by atoms with Crippen molar-refractivity contribution in [1.29, 1.82) is 0 Å². The molecule has 4 heteroatoms. The van der Waals surface area contributed by atoms with Gasteiger partial charge in [0.25, 0.3) is 0 Å². The van der Waals surface area contributed by atoms with Crippen LogP contribution in [0.2, 0.25) is 0 Å². The van der Waals surface area contributed by atoms with Gasteiger partial charge < -0.3 is 9.05 Å². The van der Waals surface area contributed by atoms with Crippen molar-refractivity contribution in [2.45, 2.75) is 26.9 Å². The molecule has 0 unspecified atom stereocenters. The first-order valence-corrected chi connectivity index (χ1v) is 10.7. The minimum Gasteiger partial charge on any atom is -0.309 e. The minimum absolute atomic E-state index is 0.286. The summed E-state index contributed by atoms with van der Waals surface area (Å²) in [4.78, 5) is 0. The molecule has 0 saturated heterocycles. The predicted molar refractivity (Wildman–Crippen MR) is 109 cm³/mol. The highest BCUT2D eigenvalue weighted by molar-refractivity contribution is 7.53. The van der Waals surface area contributed by atoms with Crippen molar-refractivity contribution in [3.05, 3.63) is 71.8 Å². The number of rotatable bonds is 7. The van der Waals surface area contributed by atoms with Crippen molar-refractivity contribution in [1.82, 2.24) is 0 Å². The zero-order valence-electron chi connectivity index (χ0n) is 15.6. The third-order valence-electron chi connectivity index (χ3n) is 4.27. The van der Waals surface area contributed by atoms with Gasteiger partial charge in [-0.05, 0) is 48.2 Å². The highest BCUT2D eigenvalue weighted by atomic mass is 31.2. The summed E-state index contributed by atoms with van der Waals surface area (Å²) < 4.78 is 23.8. The Bertz CT molecular complexity index is 934. The van der Waals surface area contributed by atoms with Crippen LogP contribution in [-0.4, -0.2) is 13.2 Å². The van der Waals surface area contributed by atoms with Crippen LogP contribution in [0.4, 0.5) is 0 Å². The van der Waals surface area contributed by atoms with E-state index in [-0.39, 0.29) is 6.16 Å². The van der Waals surface area contributed by atoms with Crippen LogP contribution in [0.5, 0.6) is 0 Å². The Morgan fingerprint density at radius 1 is 0.885 bits per heavy atom. The molecule has 0 amide bonds. The van der Waals surface area contributed by atoms with Crippen LogP contribution in [0.1, 0.15) is 25.0 Å². The van der Waals surface area contributed by atoms with Gasteiger partial charge in [-0.25, -0.2) is 0 Å². The maximum atomic E-state index is 12.9. The van der Waals surface area contributed by atoms with Crippen LogP contribution < -0.4 is 0 Å². The van der Waals surface area contributed by atoms with Gasteiger partial charge in [-0.3, -0.25) is 4.57 Å². The number of hydrogen-bond acceptors (Lipinski definition) is 3. The fourth-order valence-corrected chi connectivity index (χ4v) is 5.01.